The molecule has 0 aliphatic heterocycles. The van der Waals surface area contributed by atoms with Gasteiger partial charge in [-0.3, -0.25) is 4.79 Å². The van der Waals surface area contributed by atoms with E-state index in [1.54, 1.807) is 24.4 Å². The number of carbonyl (C=O) groups is 1. The van der Waals surface area contributed by atoms with Crippen molar-refractivity contribution in [2.75, 3.05) is 29.5 Å². The zero-order chi connectivity index (χ0) is 19.9. The van der Waals surface area contributed by atoms with Gasteiger partial charge in [-0.15, -0.1) is 0 Å². The van der Waals surface area contributed by atoms with E-state index in [1.807, 2.05) is 30.3 Å². The van der Waals surface area contributed by atoms with Crippen molar-refractivity contribution in [1.29, 1.82) is 0 Å². The molecule has 0 aliphatic carbocycles. The summed E-state index contributed by atoms with van der Waals surface area (Å²) < 4.78 is 0. The first-order valence-electron chi connectivity index (χ1n) is 8.94. The fourth-order valence-electron chi connectivity index (χ4n) is 2.76. The number of nitrogens with two attached hydrogens (primary N) is 1. The van der Waals surface area contributed by atoms with E-state index in [-0.39, 0.29) is 12.5 Å². The quantitative estimate of drug-likeness (QED) is 0.305. The molecule has 0 saturated heterocycles. The van der Waals surface area contributed by atoms with Crippen LogP contribution in [0.15, 0.2) is 67.1 Å². The summed E-state index contributed by atoms with van der Waals surface area (Å²) in [6.07, 6.45) is 2.26. The van der Waals surface area contributed by atoms with Gasteiger partial charge in [0, 0.05) is 24.7 Å². The number of benzene rings is 2. The lowest BCUT2D eigenvalue weighted by Crippen LogP contribution is -2.26. The van der Waals surface area contributed by atoms with E-state index in [2.05, 4.69) is 27.5 Å². The molecule has 1 heterocycles. The van der Waals surface area contributed by atoms with E-state index in [4.69, 9.17) is 10.8 Å². The van der Waals surface area contributed by atoms with Crippen LogP contribution in [0.4, 0.5) is 17.2 Å². The summed E-state index contributed by atoms with van der Waals surface area (Å²) in [5.41, 5.74) is 7.34. The maximum Gasteiger partial charge on any atom is 0.253 e. The molecule has 0 bridgehead atoms. The molecule has 1 aromatic heterocycles. The lowest BCUT2D eigenvalue weighted by atomic mass is 10.1. The Morgan fingerprint density at radius 1 is 1.11 bits per heavy atom. The summed E-state index contributed by atoms with van der Waals surface area (Å²) in [7, 11) is 0. The Morgan fingerprint density at radius 3 is 2.68 bits per heavy atom. The molecule has 7 nitrogen and oxygen atoms in total. The highest BCUT2D eigenvalue weighted by molar-refractivity contribution is 6.02. The van der Waals surface area contributed by atoms with Crippen LogP contribution in [-0.2, 0) is 0 Å². The number of fused-ring (bicyclic) bond motifs is 1. The molecule has 3 rings (SSSR count). The Labute approximate surface area is 163 Å². The van der Waals surface area contributed by atoms with Crippen LogP contribution in [0.5, 0.6) is 0 Å². The van der Waals surface area contributed by atoms with E-state index in [0.717, 1.165) is 10.8 Å². The first kappa shape index (κ1) is 19.2. The minimum absolute atomic E-state index is 0.0157. The molecular formula is C21H23N5O2. The Morgan fingerprint density at radius 2 is 1.89 bits per heavy atom. The second-order valence-electron chi connectivity index (χ2n) is 6.25. The number of rotatable bonds is 8. The predicted molar refractivity (Wildman–Crippen MR) is 113 cm³/mol. The number of aromatic nitrogens is 1. The minimum atomic E-state index is -0.278. The van der Waals surface area contributed by atoms with Gasteiger partial charge in [0.15, 0.2) is 0 Å². The van der Waals surface area contributed by atoms with Crippen LogP contribution in [-0.4, -0.2) is 29.1 Å². The number of para-hydroxylation sites is 1. The SMILES string of the molecule is C=C(Nc1cc2ccccc2cn1)Nc1c(N)cccc1C(=O)NCCCO. The van der Waals surface area contributed by atoms with Gasteiger partial charge in [0.1, 0.15) is 11.6 Å². The Kier molecular flexibility index (Phi) is 6.08. The number of nitrogen functional groups attached to an aromatic ring is 1. The van der Waals surface area contributed by atoms with Crippen molar-refractivity contribution in [3.63, 3.8) is 0 Å². The Balaban J connectivity index is 1.74. The zero-order valence-corrected chi connectivity index (χ0v) is 15.4. The smallest absolute Gasteiger partial charge is 0.253 e. The van der Waals surface area contributed by atoms with Gasteiger partial charge in [0.2, 0.25) is 0 Å². The van der Waals surface area contributed by atoms with Gasteiger partial charge in [-0.2, -0.15) is 0 Å². The molecule has 7 heteroatoms. The molecule has 28 heavy (non-hydrogen) atoms. The van der Waals surface area contributed by atoms with Crippen LogP contribution >= 0.6 is 0 Å². The van der Waals surface area contributed by atoms with E-state index >= 15 is 0 Å². The number of aliphatic hydroxyl groups excluding tert-OH is 1. The topological polar surface area (TPSA) is 112 Å². The number of anilines is 3. The summed E-state index contributed by atoms with van der Waals surface area (Å²) in [6.45, 7) is 4.35. The van der Waals surface area contributed by atoms with Crippen molar-refractivity contribution in [2.24, 2.45) is 0 Å². The maximum absolute atomic E-state index is 12.4. The fourth-order valence-corrected chi connectivity index (χ4v) is 2.76. The number of hydrogen-bond acceptors (Lipinski definition) is 6. The number of aliphatic hydroxyl groups is 1. The summed E-state index contributed by atoms with van der Waals surface area (Å²) in [4.78, 5) is 16.8. The standard InChI is InChI=1S/C21H23N5O2/c1-14(25-19-12-15-6-2-3-7-16(15)13-24-19)26-20-17(8-4-9-18(20)22)21(28)23-10-5-11-27/h2-4,6-9,12-13,26-27H,1,5,10-11,22H2,(H,23,28)(H,24,25). The van der Waals surface area contributed by atoms with Gasteiger partial charge in [-0.25, -0.2) is 4.98 Å². The molecule has 0 atom stereocenters. The molecule has 144 valence electrons. The van der Waals surface area contributed by atoms with Gasteiger partial charge in [0.05, 0.1) is 16.9 Å². The molecule has 0 unspecified atom stereocenters. The highest BCUT2D eigenvalue weighted by Gasteiger charge is 2.14. The van der Waals surface area contributed by atoms with Crippen molar-refractivity contribution in [3.8, 4) is 0 Å². The number of amides is 1. The van der Waals surface area contributed by atoms with E-state index in [1.165, 1.54) is 0 Å². The van der Waals surface area contributed by atoms with Gasteiger partial charge >= 0.3 is 0 Å². The molecule has 0 radical (unpaired) electrons. The summed E-state index contributed by atoms with van der Waals surface area (Å²) in [5.74, 6) is 0.782. The predicted octanol–water partition coefficient (Wildman–Crippen LogP) is 2.92. The van der Waals surface area contributed by atoms with Crippen molar-refractivity contribution >= 4 is 33.9 Å². The minimum Gasteiger partial charge on any atom is -0.397 e. The fraction of sp³-hybridized carbons (Fsp3) is 0.143. The third-order valence-corrected chi connectivity index (χ3v) is 4.15. The van der Waals surface area contributed by atoms with Crippen molar-refractivity contribution in [2.45, 2.75) is 6.42 Å². The highest BCUT2D eigenvalue weighted by atomic mass is 16.3. The summed E-state index contributed by atoms with van der Waals surface area (Å²) in [5, 5.41) is 19.9. The van der Waals surface area contributed by atoms with Crippen LogP contribution in [0.25, 0.3) is 10.8 Å². The largest absolute Gasteiger partial charge is 0.397 e. The lowest BCUT2D eigenvalue weighted by molar-refractivity contribution is 0.0952. The number of nitrogens with one attached hydrogen (secondary N) is 3. The zero-order valence-electron chi connectivity index (χ0n) is 15.4. The monoisotopic (exact) mass is 377 g/mol. The van der Waals surface area contributed by atoms with Crippen molar-refractivity contribution in [1.82, 2.24) is 10.3 Å². The van der Waals surface area contributed by atoms with E-state index < -0.39 is 0 Å². The highest BCUT2D eigenvalue weighted by Crippen LogP contribution is 2.25. The first-order valence-corrected chi connectivity index (χ1v) is 8.94. The van der Waals surface area contributed by atoms with E-state index in [9.17, 15) is 4.79 Å². The third-order valence-electron chi connectivity index (χ3n) is 4.15. The average Bonchev–Trinajstić information content (AvgIpc) is 2.69. The second kappa shape index (κ2) is 8.88. The normalized spacial score (nSPS) is 10.5. The molecule has 6 N–H and O–H groups in total. The van der Waals surface area contributed by atoms with Gasteiger partial charge in [-0.05, 0) is 30.0 Å². The van der Waals surface area contributed by atoms with Gasteiger partial charge in [-0.1, -0.05) is 36.9 Å². The van der Waals surface area contributed by atoms with Crippen molar-refractivity contribution in [3.05, 3.63) is 72.7 Å². The molecule has 1 amide bonds. The Bertz CT molecular complexity index is 1000. The number of pyridine rings is 1. The van der Waals surface area contributed by atoms with Crippen LogP contribution in [0.3, 0.4) is 0 Å². The number of hydrogen-bond donors (Lipinski definition) is 5. The molecular weight excluding hydrogens is 354 g/mol. The second-order valence-corrected chi connectivity index (χ2v) is 6.25. The Hall–Kier alpha value is -3.58. The molecule has 3 aromatic rings. The van der Waals surface area contributed by atoms with Crippen LogP contribution in [0, 0.1) is 0 Å². The number of carbonyl (C=O) groups excluding carboxylic acids is 1. The number of nitrogens with zero attached hydrogens (tertiary/aromatic N) is 1. The lowest BCUT2D eigenvalue weighted by Gasteiger charge is -2.17. The van der Waals surface area contributed by atoms with Gasteiger partial charge in [0.25, 0.3) is 5.91 Å². The van der Waals surface area contributed by atoms with Crippen LogP contribution in [0.2, 0.25) is 0 Å². The van der Waals surface area contributed by atoms with E-state index in [0.29, 0.717) is 41.5 Å². The molecule has 0 spiro atoms. The van der Waals surface area contributed by atoms with Crippen LogP contribution in [0.1, 0.15) is 16.8 Å². The summed E-state index contributed by atoms with van der Waals surface area (Å²) in [6, 6.07) is 14.9. The summed E-state index contributed by atoms with van der Waals surface area (Å²) >= 11 is 0. The average molecular weight is 377 g/mol. The molecule has 0 saturated carbocycles. The maximum atomic E-state index is 12.4. The molecule has 2 aromatic carbocycles. The first-order chi connectivity index (χ1) is 13.6. The van der Waals surface area contributed by atoms with Crippen LogP contribution < -0.4 is 21.7 Å². The molecule has 0 aliphatic rings. The third kappa shape index (κ3) is 4.57. The van der Waals surface area contributed by atoms with Gasteiger partial charge < -0.3 is 26.8 Å². The van der Waals surface area contributed by atoms with Crippen molar-refractivity contribution < 1.29 is 9.90 Å². The molecule has 0 fully saturated rings.